The first-order valence-corrected chi connectivity index (χ1v) is 5.50. The monoisotopic (exact) mass is 218 g/mol. The van der Waals surface area contributed by atoms with Gasteiger partial charge in [-0.1, -0.05) is 20.8 Å². The molecule has 0 fully saturated rings. The van der Waals surface area contributed by atoms with Crippen LogP contribution in [0, 0.1) is 6.92 Å². The molecule has 86 valence electrons. The molecule has 0 atom stereocenters. The highest BCUT2D eigenvalue weighted by molar-refractivity contribution is 5.87. The summed E-state index contributed by atoms with van der Waals surface area (Å²) in [4.78, 5) is 0. The molecule has 2 nitrogen and oxygen atoms in total. The summed E-state index contributed by atoms with van der Waals surface area (Å²) in [5, 5.41) is 1.16. The van der Waals surface area contributed by atoms with Crippen molar-refractivity contribution in [2.75, 3.05) is 7.11 Å². The van der Waals surface area contributed by atoms with Gasteiger partial charge in [-0.25, -0.2) is 0 Å². The van der Waals surface area contributed by atoms with Gasteiger partial charge < -0.3 is 9.15 Å². The van der Waals surface area contributed by atoms with E-state index in [0.29, 0.717) is 0 Å². The van der Waals surface area contributed by atoms with Crippen molar-refractivity contribution in [3.05, 3.63) is 29.5 Å². The summed E-state index contributed by atoms with van der Waals surface area (Å²) in [6.07, 6.45) is 1.74. The molecule has 0 saturated carbocycles. The summed E-state index contributed by atoms with van der Waals surface area (Å²) in [7, 11) is 1.72. The van der Waals surface area contributed by atoms with E-state index in [4.69, 9.17) is 9.15 Å². The smallest absolute Gasteiger partial charge is 0.137 e. The van der Waals surface area contributed by atoms with E-state index in [1.807, 2.05) is 19.1 Å². The van der Waals surface area contributed by atoms with Gasteiger partial charge in [0.1, 0.15) is 11.3 Å². The quantitative estimate of drug-likeness (QED) is 0.720. The number of ether oxygens (including phenoxy) is 1. The summed E-state index contributed by atoms with van der Waals surface area (Å²) >= 11 is 0. The van der Waals surface area contributed by atoms with E-state index in [9.17, 15) is 0 Å². The molecule has 0 N–H and O–H groups in total. The summed E-state index contributed by atoms with van der Waals surface area (Å²) in [5.41, 5.74) is 3.33. The summed E-state index contributed by atoms with van der Waals surface area (Å²) in [6, 6.07) is 4.07. The zero-order chi connectivity index (χ0) is 11.9. The molecule has 0 aliphatic carbocycles. The first-order valence-electron chi connectivity index (χ1n) is 5.50. The van der Waals surface area contributed by atoms with Gasteiger partial charge in [-0.15, -0.1) is 0 Å². The molecule has 0 unspecified atom stereocenters. The van der Waals surface area contributed by atoms with Crippen LogP contribution in [0.1, 0.15) is 31.9 Å². The minimum absolute atomic E-state index is 0.0428. The largest absolute Gasteiger partial charge is 0.496 e. The lowest BCUT2D eigenvalue weighted by molar-refractivity contribution is 0.398. The van der Waals surface area contributed by atoms with Gasteiger partial charge in [0, 0.05) is 10.9 Å². The number of benzene rings is 1. The van der Waals surface area contributed by atoms with Crippen molar-refractivity contribution < 1.29 is 9.15 Å². The fourth-order valence-electron chi connectivity index (χ4n) is 2.21. The van der Waals surface area contributed by atoms with Gasteiger partial charge in [0.15, 0.2) is 0 Å². The SMILES string of the molecule is COc1cc(C)c2occc2c1C(C)(C)C. The van der Waals surface area contributed by atoms with Crippen LogP contribution in [-0.4, -0.2) is 7.11 Å². The molecular formula is C14H18O2. The molecule has 0 aliphatic rings. The molecule has 2 rings (SSSR count). The van der Waals surface area contributed by atoms with Crippen LogP contribution in [0.15, 0.2) is 22.8 Å². The van der Waals surface area contributed by atoms with Gasteiger partial charge in [-0.3, -0.25) is 0 Å². The number of hydrogen-bond acceptors (Lipinski definition) is 2. The minimum atomic E-state index is 0.0428. The molecule has 1 aromatic carbocycles. The maximum absolute atomic E-state index is 5.53. The van der Waals surface area contributed by atoms with Gasteiger partial charge in [0.2, 0.25) is 0 Å². The standard InChI is InChI=1S/C14H18O2/c1-9-8-11(15-5)12(14(2,3)4)10-6-7-16-13(9)10/h6-8H,1-5H3. The topological polar surface area (TPSA) is 22.4 Å². The van der Waals surface area contributed by atoms with Crippen LogP contribution in [0.25, 0.3) is 11.0 Å². The van der Waals surface area contributed by atoms with E-state index in [1.165, 1.54) is 5.56 Å². The van der Waals surface area contributed by atoms with Crippen LogP contribution in [0.3, 0.4) is 0 Å². The van der Waals surface area contributed by atoms with E-state index >= 15 is 0 Å². The molecule has 0 bridgehead atoms. The van der Waals surface area contributed by atoms with Gasteiger partial charge in [0.05, 0.1) is 13.4 Å². The number of furan rings is 1. The van der Waals surface area contributed by atoms with Gasteiger partial charge >= 0.3 is 0 Å². The van der Waals surface area contributed by atoms with Crippen molar-refractivity contribution in [1.82, 2.24) is 0 Å². The van der Waals surface area contributed by atoms with Crippen LogP contribution >= 0.6 is 0 Å². The van der Waals surface area contributed by atoms with E-state index < -0.39 is 0 Å². The maximum atomic E-state index is 5.53. The molecule has 2 heteroatoms. The van der Waals surface area contributed by atoms with Crippen molar-refractivity contribution in [2.24, 2.45) is 0 Å². The number of methoxy groups -OCH3 is 1. The van der Waals surface area contributed by atoms with Crippen LogP contribution in [0.4, 0.5) is 0 Å². The Morgan fingerprint density at radius 1 is 1.25 bits per heavy atom. The molecule has 0 radical (unpaired) electrons. The second-order valence-electron chi connectivity index (χ2n) is 5.18. The number of rotatable bonds is 1. The maximum Gasteiger partial charge on any atom is 0.137 e. The lowest BCUT2D eigenvalue weighted by Gasteiger charge is -2.23. The number of hydrogen-bond donors (Lipinski definition) is 0. The molecule has 0 amide bonds. The third-order valence-electron chi connectivity index (χ3n) is 2.86. The van der Waals surface area contributed by atoms with E-state index in [1.54, 1.807) is 13.4 Å². The zero-order valence-corrected chi connectivity index (χ0v) is 10.5. The third kappa shape index (κ3) is 1.58. The van der Waals surface area contributed by atoms with Crippen molar-refractivity contribution in [3.8, 4) is 5.75 Å². The summed E-state index contributed by atoms with van der Waals surface area (Å²) in [6.45, 7) is 8.60. The second-order valence-corrected chi connectivity index (χ2v) is 5.18. The Labute approximate surface area is 96.2 Å². The summed E-state index contributed by atoms with van der Waals surface area (Å²) in [5.74, 6) is 0.943. The Bertz CT molecular complexity index is 515. The Balaban J connectivity index is 2.87. The fraction of sp³-hybridized carbons (Fsp3) is 0.429. The average molecular weight is 218 g/mol. The fourth-order valence-corrected chi connectivity index (χ4v) is 2.21. The van der Waals surface area contributed by atoms with Crippen molar-refractivity contribution >= 4 is 11.0 Å². The van der Waals surface area contributed by atoms with Crippen LogP contribution < -0.4 is 4.74 Å². The van der Waals surface area contributed by atoms with E-state index in [-0.39, 0.29) is 5.41 Å². The minimum Gasteiger partial charge on any atom is -0.496 e. The Morgan fingerprint density at radius 3 is 2.50 bits per heavy atom. The molecule has 16 heavy (non-hydrogen) atoms. The first kappa shape index (κ1) is 11.1. The van der Waals surface area contributed by atoms with Gasteiger partial charge in [0.25, 0.3) is 0 Å². The summed E-state index contributed by atoms with van der Waals surface area (Å²) < 4.78 is 11.0. The van der Waals surface area contributed by atoms with Crippen molar-refractivity contribution in [1.29, 1.82) is 0 Å². The third-order valence-corrected chi connectivity index (χ3v) is 2.86. The zero-order valence-electron chi connectivity index (χ0n) is 10.5. The molecule has 1 aromatic heterocycles. The molecule has 2 aromatic rings. The van der Waals surface area contributed by atoms with Gasteiger partial charge in [-0.2, -0.15) is 0 Å². The second kappa shape index (κ2) is 3.55. The molecular weight excluding hydrogens is 200 g/mol. The Kier molecular flexibility index (Phi) is 2.45. The lowest BCUT2D eigenvalue weighted by atomic mass is 9.83. The van der Waals surface area contributed by atoms with Crippen molar-refractivity contribution in [3.63, 3.8) is 0 Å². The normalized spacial score (nSPS) is 12.1. The number of aryl methyl sites for hydroxylation is 1. The highest BCUT2D eigenvalue weighted by atomic mass is 16.5. The molecule has 0 aliphatic heterocycles. The lowest BCUT2D eigenvalue weighted by Crippen LogP contribution is -2.13. The number of fused-ring (bicyclic) bond motifs is 1. The Hall–Kier alpha value is -1.44. The van der Waals surface area contributed by atoms with E-state index in [2.05, 4.69) is 20.8 Å². The highest BCUT2D eigenvalue weighted by Gasteiger charge is 2.23. The average Bonchev–Trinajstić information content (AvgIpc) is 2.63. The first-order chi connectivity index (χ1) is 7.45. The molecule has 0 spiro atoms. The predicted molar refractivity (Wildman–Crippen MR) is 66.2 cm³/mol. The van der Waals surface area contributed by atoms with Crippen LogP contribution in [-0.2, 0) is 5.41 Å². The Morgan fingerprint density at radius 2 is 1.94 bits per heavy atom. The van der Waals surface area contributed by atoms with Crippen LogP contribution in [0.5, 0.6) is 5.75 Å². The highest BCUT2D eigenvalue weighted by Crippen LogP contribution is 2.39. The van der Waals surface area contributed by atoms with Crippen molar-refractivity contribution in [2.45, 2.75) is 33.1 Å². The predicted octanol–water partition coefficient (Wildman–Crippen LogP) is 4.05. The molecule has 0 saturated heterocycles. The van der Waals surface area contributed by atoms with Gasteiger partial charge in [-0.05, 0) is 30.0 Å². The van der Waals surface area contributed by atoms with E-state index in [0.717, 1.165) is 22.3 Å². The van der Waals surface area contributed by atoms with Crippen LogP contribution in [0.2, 0.25) is 0 Å². The molecule has 1 heterocycles.